The zero-order valence-corrected chi connectivity index (χ0v) is 9.48. The molecular weight excluding hydrogens is 216 g/mol. The van der Waals surface area contributed by atoms with E-state index in [9.17, 15) is 0 Å². The highest BCUT2D eigenvalue weighted by molar-refractivity contribution is 7.99. The molecule has 1 rings (SSSR count). The molecule has 4 heteroatoms. The zero-order valence-electron chi connectivity index (χ0n) is 7.90. The Hall–Kier alpha value is -0.720. The number of hydrogen-bond acceptors (Lipinski definition) is 3. The molecule has 1 atom stereocenters. The maximum atomic E-state index is 8.82. The molecule has 0 aliphatic heterocycles. The topological polar surface area (TPSA) is 36.7 Å². The quantitative estimate of drug-likeness (QED) is 0.585. The number of rotatable bonds is 4. The third-order valence-electron chi connectivity index (χ3n) is 1.69. The predicted octanol–water partition coefficient (Wildman–Crippen LogP) is 2.92. The number of halogens is 1. The molecule has 0 bridgehead atoms. The molecule has 0 fully saturated rings. The van der Waals surface area contributed by atoms with Crippen molar-refractivity contribution >= 4 is 23.4 Å². The van der Waals surface area contributed by atoms with Gasteiger partial charge >= 0.3 is 0 Å². The fourth-order valence-electron chi connectivity index (χ4n) is 0.864. The van der Waals surface area contributed by atoms with Crippen LogP contribution in [-0.2, 0) is 0 Å². The molecule has 0 radical (unpaired) electrons. The van der Waals surface area contributed by atoms with Crippen molar-refractivity contribution in [3.8, 4) is 6.07 Å². The SMILES string of the molecule is CC(CCl)CSc1cnccc1C#N. The first kappa shape index (κ1) is 11.4. The standard InChI is InChI=1S/C10H11ClN2S/c1-8(4-11)7-14-10-6-13-3-2-9(10)5-12/h2-3,6,8H,4,7H2,1H3. The Balaban J connectivity index is 2.63. The molecular formula is C10H11ClN2S. The Morgan fingerprint density at radius 1 is 1.71 bits per heavy atom. The Morgan fingerprint density at radius 2 is 2.50 bits per heavy atom. The molecule has 0 spiro atoms. The Morgan fingerprint density at radius 3 is 3.14 bits per heavy atom. The number of pyridine rings is 1. The van der Waals surface area contributed by atoms with Crippen molar-refractivity contribution in [1.29, 1.82) is 5.26 Å². The molecule has 1 aromatic rings. The second-order valence-electron chi connectivity index (χ2n) is 3.05. The van der Waals surface area contributed by atoms with Crippen LogP contribution in [0.5, 0.6) is 0 Å². The minimum absolute atomic E-state index is 0.452. The molecule has 0 saturated heterocycles. The van der Waals surface area contributed by atoms with E-state index in [-0.39, 0.29) is 0 Å². The molecule has 0 saturated carbocycles. The minimum Gasteiger partial charge on any atom is -0.263 e. The molecule has 0 aliphatic carbocycles. The van der Waals surface area contributed by atoms with Crippen molar-refractivity contribution in [2.75, 3.05) is 11.6 Å². The van der Waals surface area contributed by atoms with Crippen LogP contribution in [0, 0.1) is 17.2 Å². The van der Waals surface area contributed by atoms with E-state index in [1.54, 1.807) is 30.2 Å². The van der Waals surface area contributed by atoms with E-state index in [1.807, 2.05) is 0 Å². The van der Waals surface area contributed by atoms with Crippen LogP contribution in [0.3, 0.4) is 0 Å². The van der Waals surface area contributed by atoms with Crippen LogP contribution in [0.25, 0.3) is 0 Å². The van der Waals surface area contributed by atoms with Crippen molar-refractivity contribution in [2.24, 2.45) is 5.92 Å². The summed E-state index contributed by atoms with van der Waals surface area (Å²) in [5, 5.41) is 8.82. The van der Waals surface area contributed by atoms with Gasteiger partial charge in [0.15, 0.2) is 0 Å². The van der Waals surface area contributed by atoms with E-state index in [4.69, 9.17) is 16.9 Å². The van der Waals surface area contributed by atoms with Crippen LogP contribution >= 0.6 is 23.4 Å². The van der Waals surface area contributed by atoms with Gasteiger partial charge in [0.2, 0.25) is 0 Å². The first-order valence-corrected chi connectivity index (χ1v) is 5.82. The van der Waals surface area contributed by atoms with E-state index in [2.05, 4.69) is 18.0 Å². The summed E-state index contributed by atoms with van der Waals surface area (Å²) in [6, 6.07) is 3.87. The maximum absolute atomic E-state index is 8.82. The van der Waals surface area contributed by atoms with Crippen molar-refractivity contribution in [2.45, 2.75) is 11.8 Å². The smallest absolute Gasteiger partial charge is 0.100 e. The number of nitriles is 1. The summed E-state index contributed by atoms with van der Waals surface area (Å²) in [6.07, 6.45) is 3.36. The van der Waals surface area contributed by atoms with E-state index in [0.29, 0.717) is 17.4 Å². The lowest BCUT2D eigenvalue weighted by Crippen LogP contribution is -1.99. The van der Waals surface area contributed by atoms with Crippen molar-refractivity contribution in [3.63, 3.8) is 0 Å². The van der Waals surface area contributed by atoms with Crippen LogP contribution in [0.2, 0.25) is 0 Å². The molecule has 0 N–H and O–H groups in total. The summed E-state index contributed by atoms with van der Waals surface area (Å²) in [4.78, 5) is 4.93. The van der Waals surface area contributed by atoms with Gasteiger partial charge < -0.3 is 0 Å². The molecule has 0 amide bonds. The van der Waals surface area contributed by atoms with Gasteiger partial charge in [-0.1, -0.05) is 6.92 Å². The number of alkyl halides is 1. The summed E-state index contributed by atoms with van der Waals surface area (Å²) in [5.41, 5.74) is 0.687. The van der Waals surface area contributed by atoms with Crippen LogP contribution in [0.1, 0.15) is 12.5 Å². The molecule has 14 heavy (non-hydrogen) atoms. The van der Waals surface area contributed by atoms with Crippen LogP contribution in [0.4, 0.5) is 0 Å². The van der Waals surface area contributed by atoms with E-state index >= 15 is 0 Å². The van der Waals surface area contributed by atoms with Crippen LogP contribution in [-0.4, -0.2) is 16.6 Å². The maximum Gasteiger partial charge on any atom is 0.100 e. The summed E-state index contributed by atoms with van der Waals surface area (Å²) < 4.78 is 0. The highest BCUT2D eigenvalue weighted by Crippen LogP contribution is 2.23. The first-order chi connectivity index (χ1) is 6.77. The summed E-state index contributed by atoms with van der Waals surface area (Å²) in [6.45, 7) is 2.09. The fourth-order valence-corrected chi connectivity index (χ4v) is 2.09. The number of hydrogen-bond donors (Lipinski definition) is 0. The number of thioether (sulfide) groups is 1. The molecule has 74 valence electrons. The number of aromatic nitrogens is 1. The van der Waals surface area contributed by atoms with Crippen LogP contribution in [0.15, 0.2) is 23.4 Å². The van der Waals surface area contributed by atoms with Gasteiger partial charge in [-0.25, -0.2) is 0 Å². The van der Waals surface area contributed by atoms with Gasteiger partial charge in [0.05, 0.1) is 5.56 Å². The second-order valence-corrected chi connectivity index (χ2v) is 4.42. The van der Waals surface area contributed by atoms with Gasteiger partial charge in [0, 0.05) is 28.9 Å². The zero-order chi connectivity index (χ0) is 10.4. The van der Waals surface area contributed by atoms with Crippen LogP contribution < -0.4 is 0 Å². The molecule has 2 nitrogen and oxygen atoms in total. The Bertz CT molecular complexity index is 335. The van der Waals surface area contributed by atoms with E-state index in [0.717, 1.165) is 10.6 Å². The Kier molecular flexibility index (Phi) is 4.78. The van der Waals surface area contributed by atoms with Crippen molar-refractivity contribution in [1.82, 2.24) is 4.98 Å². The first-order valence-electron chi connectivity index (χ1n) is 4.30. The highest BCUT2D eigenvalue weighted by atomic mass is 35.5. The van der Waals surface area contributed by atoms with Crippen molar-refractivity contribution < 1.29 is 0 Å². The lowest BCUT2D eigenvalue weighted by molar-refractivity contribution is 0.759. The third kappa shape index (κ3) is 3.21. The van der Waals surface area contributed by atoms with Gasteiger partial charge in [0.25, 0.3) is 0 Å². The van der Waals surface area contributed by atoms with E-state index < -0.39 is 0 Å². The molecule has 1 heterocycles. The second kappa shape index (κ2) is 5.90. The normalized spacial score (nSPS) is 12.1. The molecule has 1 aromatic heterocycles. The largest absolute Gasteiger partial charge is 0.263 e. The molecule has 1 unspecified atom stereocenters. The summed E-state index contributed by atoms with van der Waals surface area (Å²) in [5.74, 6) is 2.02. The molecule has 0 aliphatic rings. The van der Waals surface area contributed by atoms with Gasteiger partial charge in [-0.15, -0.1) is 23.4 Å². The number of nitrogens with zero attached hydrogens (tertiary/aromatic N) is 2. The fraction of sp³-hybridized carbons (Fsp3) is 0.400. The van der Waals surface area contributed by atoms with Gasteiger partial charge in [0.1, 0.15) is 6.07 Å². The van der Waals surface area contributed by atoms with Crippen molar-refractivity contribution in [3.05, 3.63) is 24.0 Å². The van der Waals surface area contributed by atoms with E-state index in [1.165, 1.54) is 0 Å². The van der Waals surface area contributed by atoms with Gasteiger partial charge in [-0.3, -0.25) is 4.98 Å². The Labute approximate surface area is 93.3 Å². The van der Waals surface area contributed by atoms with Gasteiger partial charge in [-0.05, 0) is 12.0 Å². The highest BCUT2D eigenvalue weighted by Gasteiger charge is 2.05. The summed E-state index contributed by atoms with van der Waals surface area (Å²) in [7, 11) is 0. The molecule has 0 aromatic carbocycles. The van der Waals surface area contributed by atoms with Gasteiger partial charge in [-0.2, -0.15) is 5.26 Å². The summed E-state index contributed by atoms with van der Waals surface area (Å²) >= 11 is 7.33. The average molecular weight is 227 g/mol. The lowest BCUT2D eigenvalue weighted by atomic mass is 10.3. The third-order valence-corrected chi connectivity index (χ3v) is 3.59. The minimum atomic E-state index is 0.452. The average Bonchev–Trinajstić information content (AvgIpc) is 2.26. The lowest BCUT2D eigenvalue weighted by Gasteiger charge is -2.06. The monoisotopic (exact) mass is 226 g/mol. The predicted molar refractivity (Wildman–Crippen MR) is 59.6 cm³/mol.